The molecule has 0 spiro atoms. The van der Waals surface area contributed by atoms with Gasteiger partial charge in [0.15, 0.2) is 0 Å². The van der Waals surface area contributed by atoms with Crippen molar-refractivity contribution >= 4 is 17.6 Å². The number of hydrogen-bond donors (Lipinski definition) is 2. The van der Waals surface area contributed by atoms with Crippen molar-refractivity contribution in [3.8, 4) is 0 Å². The van der Waals surface area contributed by atoms with Gasteiger partial charge in [-0.05, 0) is 12.8 Å². The molecule has 0 saturated carbocycles. The zero-order chi connectivity index (χ0) is 12.8. The SMILES string of the molecule is O=C(O)CNc1cc(N2CCCCCC2)ncn1. The van der Waals surface area contributed by atoms with E-state index in [1.165, 1.54) is 32.0 Å². The zero-order valence-corrected chi connectivity index (χ0v) is 10.3. The number of nitrogens with one attached hydrogen (secondary N) is 1. The van der Waals surface area contributed by atoms with Gasteiger partial charge in [0, 0.05) is 19.2 Å². The van der Waals surface area contributed by atoms with Gasteiger partial charge < -0.3 is 15.3 Å². The average Bonchev–Trinajstić information content (AvgIpc) is 2.65. The Balaban J connectivity index is 2.03. The summed E-state index contributed by atoms with van der Waals surface area (Å²) in [6.07, 6.45) is 6.38. The van der Waals surface area contributed by atoms with Crippen LogP contribution in [0.15, 0.2) is 12.4 Å². The number of anilines is 2. The van der Waals surface area contributed by atoms with Crippen LogP contribution in [-0.2, 0) is 4.79 Å². The van der Waals surface area contributed by atoms with Crippen LogP contribution >= 0.6 is 0 Å². The summed E-state index contributed by atoms with van der Waals surface area (Å²) in [6.45, 7) is 1.89. The van der Waals surface area contributed by atoms with Gasteiger partial charge in [-0.25, -0.2) is 9.97 Å². The molecular formula is C12H18N4O2. The number of carboxylic acids is 1. The highest BCUT2D eigenvalue weighted by Crippen LogP contribution is 2.18. The van der Waals surface area contributed by atoms with Crippen molar-refractivity contribution < 1.29 is 9.90 Å². The highest BCUT2D eigenvalue weighted by atomic mass is 16.4. The van der Waals surface area contributed by atoms with Crippen molar-refractivity contribution in [3.05, 3.63) is 12.4 Å². The van der Waals surface area contributed by atoms with E-state index in [0.717, 1.165) is 18.9 Å². The summed E-state index contributed by atoms with van der Waals surface area (Å²) in [5.41, 5.74) is 0. The molecule has 18 heavy (non-hydrogen) atoms. The molecule has 0 radical (unpaired) electrons. The van der Waals surface area contributed by atoms with Gasteiger partial charge in [-0.2, -0.15) is 0 Å². The van der Waals surface area contributed by atoms with E-state index in [1.54, 1.807) is 0 Å². The lowest BCUT2D eigenvalue weighted by Gasteiger charge is -2.21. The number of aromatic nitrogens is 2. The maximum atomic E-state index is 10.5. The molecule has 0 aliphatic carbocycles. The Morgan fingerprint density at radius 1 is 1.28 bits per heavy atom. The van der Waals surface area contributed by atoms with Gasteiger partial charge in [0.05, 0.1) is 0 Å². The number of carboxylic acid groups (broad SMARTS) is 1. The number of hydrogen-bond acceptors (Lipinski definition) is 5. The quantitative estimate of drug-likeness (QED) is 0.840. The Morgan fingerprint density at radius 3 is 2.67 bits per heavy atom. The Morgan fingerprint density at radius 2 is 2.00 bits per heavy atom. The summed E-state index contributed by atoms with van der Waals surface area (Å²) in [4.78, 5) is 21.0. The molecule has 6 nitrogen and oxygen atoms in total. The molecular weight excluding hydrogens is 232 g/mol. The van der Waals surface area contributed by atoms with E-state index in [9.17, 15) is 4.79 Å². The molecule has 1 aromatic rings. The Kier molecular flexibility index (Phi) is 4.33. The largest absolute Gasteiger partial charge is 0.480 e. The Labute approximate surface area is 106 Å². The fraction of sp³-hybridized carbons (Fsp3) is 0.583. The summed E-state index contributed by atoms with van der Waals surface area (Å²) >= 11 is 0. The molecule has 2 rings (SSSR count). The van der Waals surface area contributed by atoms with Gasteiger partial charge in [0.25, 0.3) is 0 Å². The smallest absolute Gasteiger partial charge is 0.322 e. The van der Waals surface area contributed by atoms with Crippen molar-refractivity contribution in [2.45, 2.75) is 25.7 Å². The molecule has 1 fully saturated rings. The lowest BCUT2D eigenvalue weighted by molar-refractivity contribution is -0.134. The number of aliphatic carboxylic acids is 1. The summed E-state index contributed by atoms with van der Waals surface area (Å²) < 4.78 is 0. The molecule has 0 amide bonds. The second-order valence-corrected chi connectivity index (χ2v) is 4.41. The minimum absolute atomic E-state index is 0.129. The predicted molar refractivity (Wildman–Crippen MR) is 68.8 cm³/mol. The molecule has 2 N–H and O–H groups in total. The van der Waals surface area contributed by atoms with E-state index >= 15 is 0 Å². The second-order valence-electron chi connectivity index (χ2n) is 4.41. The van der Waals surface area contributed by atoms with E-state index in [0.29, 0.717) is 5.82 Å². The highest BCUT2D eigenvalue weighted by Gasteiger charge is 2.11. The maximum Gasteiger partial charge on any atom is 0.322 e. The van der Waals surface area contributed by atoms with Crippen molar-refractivity contribution in [2.75, 3.05) is 29.9 Å². The number of nitrogens with zero attached hydrogens (tertiary/aromatic N) is 3. The van der Waals surface area contributed by atoms with Gasteiger partial charge >= 0.3 is 5.97 Å². The zero-order valence-electron chi connectivity index (χ0n) is 10.3. The van der Waals surface area contributed by atoms with Gasteiger partial charge in [-0.15, -0.1) is 0 Å². The molecule has 98 valence electrons. The van der Waals surface area contributed by atoms with E-state index in [-0.39, 0.29) is 6.54 Å². The van der Waals surface area contributed by atoms with Gasteiger partial charge in [-0.1, -0.05) is 12.8 Å². The maximum absolute atomic E-state index is 10.5. The first-order chi connectivity index (χ1) is 8.75. The second kappa shape index (κ2) is 6.18. The average molecular weight is 250 g/mol. The minimum atomic E-state index is -0.898. The molecule has 1 saturated heterocycles. The fourth-order valence-electron chi connectivity index (χ4n) is 2.08. The van der Waals surface area contributed by atoms with Crippen LogP contribution in [0.1, 0.15) is 25.7 Å². The number of carbonyl (C=O) groups is 1. The molecule has 1 aliphatic rings. The van der Waals surface area contributed by atoms with Crippen LogP contribution in [0.2, 0.25) is 0 Å². The van der Waals surface area contributed by atoms with E-state index in [4.69, 9.17) is 5.11 Å². The lowest BCUT2D eigenvalue weighted by atomic mass is 10.2. The summed E-state index contributed by atoms with van der Waals surface area (Å²) in [6, 6.07) is 1.81. The molecule has 1 aromatic heterocycles. The topological polar surface area (TPSA) is 78.4 Å². The number of rotatable bonds is 4. The molecule has 0 aromatic carbocycles. The van der Waals surface area contributed by atoms with Crippen molar-refractivity contribution in [1.82, 2.24) is 9.97 Å². The van der Waals surface area contributed by atoms with Crippen LogP contribution in [0.4, 0.5) is 11.6 Å². The summed E-state index contributed by atoms with van der Waals surface area (Å²) in [5, 5.41) is 11.4. The van der Waals surface area contributed by atoms with Crippen LogP contribution in [0, 0.1) is 0 Å². The van der Waals surface area contributed by atoms with Gasteiger partial charge in [0.2, 0.25) is 0 Å². The lowest BCUT2D eigenvalue weighted by Crippen LogP contribution is -2.25. The monoisotopic (exact) mass is 250 g/mol. The van der Waals surface area contributed by atoms with Crippen LogP contribution in [0.3, 0.4) is 0 Å². The van der Waals surface area contributed by atoms with Crippen LogP contribution in [0.5, 0.6) is 0 Å². The molecule has 1 aliphatic heterocycles. The van der Waals surface area contributed by atoms with E-state index in [1.807, 2.05) is 6.07 Å². The molecule has 2 heterocycles. The van der Waals surface area contributed by atoms with Crippen molar-refractivity contribution in [1.29, 1.82) is 0 Å². The first-order valence-electron chi connectivity index (χ1n) is 6.28. The molecule has 0 unspecified atom stereocenters. The first kappa shape index (κ1) is 12.6. The third-order valence-corrected chi connectivity index (χ3v) is 3.00. The minimum Gasteiger partial charge on any atom is -0.480 e. The first-order valence-corrected chi connectivity index (χ1v) is 6.28. The van der Waals surface area contributed by atoms with E-state index in [2.05, 4.69) is 20.2 Å². The molecule has 6 heteroatoms. The third-order valence-electron chi connectivity index (χ3n) is 3.00. The Bertz CT molecular complexity index is 403. The van der Waals surface area contributed by atoms with Crippen LogP contribution in [0.25, 0.3) is 0 Å². The Hall–Kier alpha value is -1.85. The normalized spacial score (nSPS) is 16.1. The van der Waals surface area contributed by atoms with Gasteiger partial charge in [-0.3, -0.25) is 4.79 Å². The van der Waals surface area contributed by atoms with Crippen molar-refractivity contribution in [3.63, 3.8) is 0 Å². The summed E-state index contributed by atoms with van der Waals surface area (Å²) in [5.74, 6) is 0.538. The van der Waals surface area contributed by atoms with Crippen LogP contribution in [-0.4, -0.2) is 40.7 Å². The summed E-state index contributed by atoms with van der Waals surface area (Å²) in [7, 11) is 0. The predicted octanol–water partition coefficient (Wildman–Crippen LogP) is 1.35. The van der Waals surface area contributed by atoms with E-state index < -0.39 is 5.97 Å². The van der Waals surface area contributed by atoms with Gasteiger partial charge in [0.1, 0.15) is 24.5 Å². The molecule has 0 atom stereocenters. The molecule has 0 bridgehead atoms. The standard InChI is InChI=1S/C12H18N4O2/c17-12(18)8-13-10-7-11(15-9-14-10)16-5-3-1-2-4-6-16/h7,9H,1-6,8H2,(H,17,18)(H,13,14,15). The highest BCUT2D eigenvalue weighted by molar-refractivity contribution is 5.72. The van der Waals surface area contributed by atoms with Crippen LogP contribution < -0.4 is 10.2 Å². The fourth-order valence-corrected chi connectivity index (χ4v) is 2.08. The third kappa shape index (κ3) is 3.58. The van der Waals surface area contributed by atoms with Crippen molar-refractivity contribution in [2.24, 2.45) is 0 Å².